The minimum absolute atomic E-state index is 0.665. The standard InChI is InChI=1S/C15H23BrClNO/c1-2-9-18-10-5-3-4-6-11-19-15-8-7-13(16)12-14(15)17/h7-8,12,18H,2-6,9-11H2,1H3. The van der Waals surface area contributed by atoms with Crippen LogP contribution in [-0.2, 0) is 0 Å². The van der Waals surface area contributed by atoms with Gasteiger partial charge in [0.2, 0.25) is 0 Å². The molecular weight excluding hydrogens is 326 g/mol. The highest BCUT2D eigenvalue weighted by Gasteiger charge is 2.01. The Labute approximate surface area is 130 Å². The van der Waals surface area contributed by atoms with E-state index in [2.05, 4.69) is 28.2 Å². The minimum Gasteiger partial charge on any atom is -0.492 e. The van der Waals surface area contributed by atoms with E-state index in [4.69, 9.17) is 16.3 Å². The van der Waals surface area contributed by atoms with Crippen molar-refractivity contribution in [3.63, 3.8) is 0 Å². The second-order valence-corrected chi connectivity index (χ2v) is 5.91. The maximum absolute atomic E-state index is 6.08. The van der Waals surface area contributed by atoms with Gasteiger partial charge in [0.1, 0.15) is 5.75 Å². The first-order valence-electron chi connectivity index (χ1n) is 7.02. The molecule has 0 aliphatic heterocycles. The van der Waals surface area contributed by atoms with E-state index < -0.39 is 0 Å². The lowest BCUT2D eigenvalue weighted by Gasteiger charge is -2.08. The van der Waals surface area contributed by atoms with Crippen molar-refractivity contribution in [2.24, 2.45) is 0 Å². The third kappa shape index (κ3) is 7.81. The Balaban J connectivity index is 2.01. The van der Waals surface area contributed by atoms with Gasteiger partial charge in [-0.25, -0.2) is 0 Å². The van der Waals surface area contributed by atoms with Crippen molar-refractivity contribution >= 4 is 27.5 Å². The summed E-state index contributed by atoms with van der Waals surface area (Å²) >= 11 is 9.46. The first kappa shape index (κ1) is 16.8. The van der Waals surface area contributed by atoms with E-state index in [9.17, 15) is 0 Å². The molecule has 108 valence electrons. The van der Waals surface area contributed by atoms with Gasteiger partial charge in [0.05, 0.1) is 11.6 Å². The van der Waals surface area contributed by atoms with Gasteiger partial charge >= 0.3 is 0 Å². The Morgan fingerprint density at radius 3 is 2.68 bits per heavy atom. The van der Waals surface area contributed by atoms with Crippen molar-refractivity contribution in [1.82, 2.24) is 5.32 Å². The molecule has 0 aliphatic carbocycles. The molecular formula is C15H23BrClNO. The third-order valence-electron chi connectivity index (χ3n) is 2.83. The molecule has 0 radical (unpaired) electrons. The molecule has 1 rings (SSSR count). The normalized spacial score (nSPS) is 10.7. The molecule has 19 heavy (non-hydrogen) atoms. The molecule has 0 aromatic heterocycles. The van der Waals surface area contributed by atoms with Crippen molar-refractivity contribution in [3.8, 4) is 5.75 Å². The predicted molar refractivity (Wildman–Crippen MR) is 86.3 cm³/mol. The average Bonchev–Trinajstić information content (AvgIpc) is 2.39. The molecule has 0 bridgehead atoms. The molecule has 0 amide bonds. The lowest BCUT2D eigenvalue weighted by atomic mass is 10.2. The second-order valence-electron chi connectivity index (χ2n) is 4.59. The predicted octanol–water partition coefficient (Wildman–Crippen LogP) is 5.04. The Morgan fingerprint density at radius 1 is 1.16 bits per heavy atom. The first-order valence-corrected chi connectivity index (χ1v) is 8.19. The molecule has 0 saturated carbocycles. The van der Waals surface area contributed by atoms with E-state index in [1.807, 2.05) is 18.2 Å². The van der Waals surface area contributed by atoms with Crippen molar-refractivity contribution in [3.05, 3.63) is 27.7 Å². The monoisotopic (exact) mass is 347 g/mol. The summed E-state index contributed by atoms with van der Waals surface area (Å²) in [5.41, 5.74) is 0. The van der Waals surface area contributed by atoms with Crippen molar-refractivity contribution in [2.45, 2.75) is 39.0 Å². The molecule has 1 aromatic rings. The zero-order chi connectivity index (χ0) is 13.9. The fourth-order valence-electron chi connectivity index (χ4n) is 1.78. The molecule has 0 aliphatic rings. The molecule has 2 nitrogen and oxygen atoms in total. The second kappa shape index (κ2) is 10.5. The zero-order valence-electron chi connectivity index (χ0n) is 11.6. The fourth-order valence-corrected chi connectivity index (χ4v) is 2.51. The Kier molecular flexibility index (Phi) is 9.31. The summed E-state index contributed by atoms with van der Waals surface area (Å²) in [7, 11) is 0. The highest BCUT2D eigenvalue weighted by atomic mass is 79.9. The number of hydrogen-bond acceptors (Lipinski definition) is 2. The topological polar surface area (TPSA) is 21.3 Å². The molecule has 0 atom stereocenters. The number of ether oxygens (including phenoxy) is 1. The van der Waals surface area contributed by atoms with Gasteiger partial charge in [-0.3, -0.25) is 0 Å². The van der Waals surface area contributed by atoms with E-state index >= 15 is 0 Å². The molecule has 0 unspecified atom stereocenters. The lowest BCUT2D eigenvalue weighted by Crippen LogP contribution is -2.15. The first-order chi connectivity index (χ1) is 9.24. The summed E-state index contributed by atoms with van der Waals surface area (Å²) in [6.45, 7) is 5.19. The number of benzene rings is 1. The van der Waals surface area contributed by atoms with Crippen LogP contribution in [-0.4, -0.2) is 19.7 Å². The van der Waals surface area contributed by atoms with Gasteiger partial charge in [-0.1, -0.05) is 47.3 Å². The van der Waals surface area contributed by atoms with Crippen LogP contribution in [0.3, 0.4) is 0 Å². The highest BCUT2D eigenvalue weighted by molar-refractivity contribution is 9.10. The third-order valence-corrected chi connectivity index (χ3v) is 3.61. The summed E-state index contributed by atoms with van der Waals surface area (Å²) in [5.74, 6) is 0.773. The molecule has 1 N–H and O–H groups in total. The van der Waals surface area contributed by atoms with Crippen molar-refractivity contribution < 1.29 is 4.74 Å². The SMILES string of the molecule is CCCNCCCCCCOc1ccc(Br)cc1Cl. The Bertz CT molecular complexity index is 360. The number of hydrogen-bond donors (Lipinski definition) is 1. The van der Waals surface area contributed by atoms with Gasteiger partial charge in [-0.2, -0.15) is 0 Å². The lowest BCUT2D eigenvalue weighted by molar-refractivity contribution is 0.304. The van der Waals surface area contributed by atoms with Crippen LogP contribution in [0, 0.1) is 0 Å². The number of unbranched alkanes of at least 4 members (excludes halogenated alkanes) is 3. The quantitative estimate of drug-likeness (QED) is 0.598. The highest BCUT2D eigenvalue weighted by Crippen LogP contribution is 2.27. The van der Waals surface area contributed by atoms with Crippen LogP contribution in [0.2, 0.25) is 5.02 Å². The molecule has 0 fully saturated rings. The van der Waals surface area contributed by atoms with Crippen LogP contribution in [0.1, 0.15) is 39.0 Å². The summed E-state index contributed by atoms with van der Waals surface area (Å²) in [5, 5.41) is 4.08. The van der Waals surface area contributed by atoms with Crippen LogP contribution in [0.15, 0.2) is 22.7 Å². The van der Waals surface area contributed by atoms with Gasteiger partial charge in [-0.15, -0.1) is 0 Å². The van der Waals surface area contributed by atoms with Crippen LogP contribution in [0.5, 0.6) is 5.75 Å². The van der Waals surface area contributed by atoms with Crippen LogP contribution < -0.4 is 10.1 Å². The molecule has 1 aromatic carbocycles. The van der Waals surface area contributed by atoms with Crippen LogP contribution in [0.25, 0.3) is 0 Å². The average molecular weight is 349 g/mol. The van der Waals surface area contributed by atoms with Gasteiger partial charge in [-0.05, 0) is 50.6 Å². The van der Waals surface area contributed by atoms with E-state index in [-0.39, 0.29) is 0 Å². The smallest absolute Gasteiger partial charge is 0.137 e. The van der Waals surface area contributed by atoms with E-state index in [1.54, 1.807) is 0 Å². The molecule has 0 heterocycles. The van der Waals surface area contributed by atoms with Crippen molar-refractivity contribution in [2.75, 3.05) is 19.7 Å². The van der Waals surface area contributed by atoms with E-state index in [0.29, 0.717) is 5.02 Å². The van der Waals surface area contributed by atoms with Gasteiger partial charge < -0.3 is 10.1 Å². The number of nitrogens with one attached hydrogen (secondary N) is 1. The maximum Gasteiger partial charge on any atom is 0.137 e. The molecule has 0 spiro atoms. The van der Waals surface area contributed by atoms with E-state index in [0.717, 1.165) is 36.3 Å². The van der Waals surface area contributed by atoms with Gasteiger partial charge in [0, 0.05) is 4.47 Å². The number of halogens is 2. The summed E-state index contributed by atoms with van der Waals surface area (Å²) in [6, 6.07) is 5.71. The van der Waals surface area contributed by atoms with Crippen LogP contribution >= 0.6 is 27.5 Å². The van der Waals surface area contributed by atoms with Crippen molar-refractivity contribution in [1.29, 1.82) is 0 Å². The zero-order valence-corrected chi connectivity index (χ0v) is 13.9. The Hall–Kier alpha value is -0.250. The molecule has 4 heteroatoms. The number of rotatable bonds is 10. The van der Waals surface area contributed by atoms with Crippen LogP contribution in [0.4, 0.5) is 0 Å². The largest absolute Gasteiger partial charge is 0.492 e. The summed E-state index contributed by atoms with van der Waals surface area (Å²) < 4.78 is 6.64. The van der Waals surface area contributed by atoms with Gasteiger partial charge in [0.25, 0.3) is 0 Å². The summed E-state index contributed by atoms with van der Waals surface area (Å²) in [4.78, 5) is 0. The minimum atomic E-state index is 0.665. The molecule has 0 saturated heterocycles. The Morgan fingerprint density at radius 2 is 1.95 bits per heavy atom. The summed E-state index contributed by atoms with van der Waals surface area (Å²) in [6.07, 6.45) is 6.01. The van der Waals surface area contributed by atoms with E-state index in [1.165, 1.54) is 25.7 Å². The maximum atomic E-state index is 6.08. The fraction of sp³-hybridized carbons (Fsp3) is 0.600. The van der Waals surface area contributed by atoms with Gasteiger partial charge in [0.15, 0.2) is 0 Å².